The monoisotopic (exact) mass is 333 g/mol. The van der Waals surface area contributed by atoms with Crippen LogP contribution in [0.15, 0.2) is 53.6 Å². The Hall–Kier alpha value is -2.46. The van der Waals surface area contributed by atoms with Gasteiger partial charge >= 0.3 is 0 Å². The van der Waals surface area contributed by atoms with Gasteiger partial charge in [-0.2, -0.15) is 5.10 Å². The third-order valence-corrected chi connectivity index (χ3v) is 5.19. The molecule has 1 saturated heterocycles. The largest absolute Gasteiger partial charge is 0.294 e. The number of amides is 1. The zero-order chi connectivity index (χ0) is 17.2. The van der Waals surface area contributed by atoms with E-state index in [4.69, 9.17) is 0 Å². The van der Waals surface area contributed by atoms with Crippen molar-refractivity contribution in [3.63, 3.8) is 0 Å². The van der Waals surface area contributed by atoms with Crippen LogP contribution in [0, 0.1) is 5.92 Å². The summed E-state index contributed by atoms with van der Waals surface area (Å²) in [5.41, 5.74) is 8.14. The first-order valence-corrected chi connectivity index (χ1v) is 9.00. The molecule has 128 valence electrons. The van der Waals surface area contributed by atoms with E-state index in [0.29, 0.717) is 6.54 Å². The van der Waals surface area contributed by atoms with E-state index in [9.17, 15) is 4.79 Å². The van der Waals surface area contributed by atoms with Crippen molar-refractivity contribution in [1.82, 2.24) is 10.3 Å². The van der Waals surface area contributed by atoms with Crippen molar-refractivity contribution in [2.24, 2.45) is 11.0 Å². The minimum Gasteiger partial charge on any atom is -0.294 e. The fourth-order valence-corrected chi connectivity index (χ4v) is 3.69. The van der Waals surface area contributed by atoms with Crippen LogP contribution in [0.4, 0.5) is 0 Å². The van der Waals surface area contributed by atoms with E-state index in [-0.39, 0.29) is 5.91 Å². The summed E-state index contributed by atoms with van der Waals surface area (Å²) in [6.07, 6.45) is 2.34. The quantitative estimate of drug-likeness (QED) is 0.748. The van der Waals surface area contributed by atoms with Crippen LogP contribution in [0.2, 0.25) is 0 Å². The average molecular weight is 333 g/mol. The zero-order valence-electron chi connectivity index (χ0n) is 14.5. The lowest BCUT2D eigenvalue weighted by atomic mass is 9.99. The van der Waals surface area contributed by atoms with Gasteiger partial charge in [0.2, 0.25) is 0 Å². The van der Waals surface area contributed by atoms with Crippen molar-refractivity contribution in [3.8, 4) is 11.1 Å². The highest BCUT2D eigenvalue weighted by Crippen LogP contribution is 2.36. The number of likely N-dealkylation sites (tertiary alicyclic amines) is 1. The molecular formula is C21H23N3O. The van der Waals surface area contributed by atoms with Gasteiger partial charge in [-0.3, -0.25) is 9.69 Å². The second-order valence-corrected chi connectivity index (χ2v) is 7.05. The molecule has 1 aliphatic carbocycles. The molecule has 0 saturated carbocycles. The Morgan fingerprint density at radius 2 is 1.52 bits per heavy atom. The van der Waals surface area contributed by atoms with E-state index in [1.165, 1.54) is 24.0 Å². The zero-order valence-corrected chi connectivity index (χ0v) is 14.5. The van der Waals surface area contributed by atoms with E-state index >= 15 is 0 Å². The molecule has 1 aliphatic heterocycles. The maximum atomic E-state index is 12.3. The summed E-state index contributed by atoms with van der Waals surface area (Å²) in [5, 5.41) is 4.48. The topological polar surface area (TPSA) is 44.7 Å². The van der Waals surface area contributed by atoms with Gasteiger partial charge in [-0.05, 0) is 43.0 Å². The molecule has 1 amide bonds. The maximum Gasteiger partial charge on any atom is 0.254 e. The highest BCUT2D eigenvalue weighted by molar-refractivity contribution is 6.24. The standard InChI is InChI=1S/C21H23N3O/c1-15-10-12-24(13-11-15)14-20(25)22-23-21-18-8-4-2-6-16(18)17-7-3-5-9-19(17)21/h2-9,15H,10-14H2,1H3,(H,22,25). The molecule has 4 heteroatoms. The van der Waals surface area contributed by atoms with Crippen molar-refractivity contribution in [1.29, 1.82) is 0 Å². The lowest BCUT2D eigenvalue weighted by Gasteiger charge is -2.29. The minimum atomic E-state index is -0.0380. The summed E-state index contributed by atoms with van der Waals surface area (Å²) in [4.78, 5) is 14.5. The maximum absolute atomic E-state index is 12.3. The lowest BCUT2D eigenvalue weighted by Crippen LogP contribution is -2.40. The van der Waals surface area contributed by atoms with Crippen LogP contribution >= 0.6 is 0 Å². The number of hydrogen-bond donors (Lipinski definition) is 1. The summed E-state index contributed by atoms with van der Waals surface area (Å²) < 4.78 is 0. The number of benzene rings is 2. The van der Waals surface area contributed by atoms with Crippen molar-refractivity contribution >= 4 is 11.6 Å². The number of carbonyl (C=O) groups excluding carboxylic acids is 1. The third kappa shape index (κ3) is 3.22. The number of carbonyl (C=O) groups is 1. The molecule has 0 radical (unpaired) electrons. The van der Waals surface area contributed by atoms with E-state index in [1.807, 2.05) is 24.3 Å². The fourth-order valence-electron chi connectivity index (χ4n) is 3.69. The number of nitrogens with one attached hydrogen (secondary N) is 1. The normalized spacial score (nSPS) is 17.1. The number of hydrazone groups is 1. The summed E-state index contributed by atoms with van der Waals surface area (Å²) in [7, 11) is 0. The molecule has 0 aromatic heterocycles. The molecule has 0 bridgehead atoms. The van der Waals surface area contributed by atoms with Crippen LogP contribution in [-0.2, 0) is 4.79 Å². The molecule has 0 spiro atoms. The molecule has 1 N–H and O–H groups in total. The first-order valence-electron chi connectivity index (χ1n) is 9.00. The van der Waals surface area contributed by atoms with Crippen LogP contribution in [0.5, 0.6) is 0 Å². The summed E-state index contributed by atoms with van der Waals surface area (Å²) in [5.74, 6) is 0.731. The van der Waals surface area contributed by atoms with Crippen LogP contribution in [0.1, 0.15) is 30.9 Å². The van der Waals surface area contributed by atoms with Gasteiger partial charge in [0.25, 0.3) is 5.91 Å². The van der Waals surface area contributed by atoms with Crippen molar-refractivity contribution in [2.75, 3.05) is 19.6 Å². The fraction of sp³-hybridized carbons (Fsp3) is 0.333. The molecular weight excluding hydrogens is 310 g/mol. The summed E-state index contributed by atoms with van der Waals surface area (Å²) >= 11 is 0. The van der Waals surface area contributed by atoms with Gasteiger partial charge in [-0.15, -0.1) is 0 Å². The molecule has 2 aromatic carbocycles. The molecule has 4 nitrogen and oxygen atoms in total. The Labute approximate surface area is 148 Å². The molecule has 0 atom stereocenters. The smallest absolute Gasteiger partial charge is 0.254 e. The van der Waals surface area contributed by atoms with Crippen molar-refractivity contribution in [2.45, 2.75) is 19.8 Å². The highest BCUT2D eigenvalue weighted by Gasteiger charge is 2.24. The van der Waals surface area contributed by atoms with Gasteiger partial charge in [0, 0.05) is 11.1 Å². The van der Waals surface area contributed by atoms with Gasteiger partial charge < -0.3 is 0 Å². The van der Waals surface area contributed by atoms with Gasteiger partial charge in [-0.25, -0.2) is 5.43 Å². The Morgan fingerprint density at radius 3 is 2.08 bits per heavy atom. The molecule has 4 rings (SSSR count). The van der Waals surface area contributed by atoms with Crippen molar-refractivity contribution in [3.05, 3.63) is 59.7 Å². The van der Waals surface area contributed by atoms with Gasteiger partial charge in [-0.1, -0.05) is 55.5 Å². The van der Waals surface area contributed by atoms with Crippen LogP contribution in [-0.4, -0.2) is 36.2 Å². The van der Waals surface area contributed by atoms with E-state index in [0.717, 1.165) is 35.8 Å². The second kappa shape index (κ2) is 6.81. The first-order chi connectivity index (χ1) is 12.2. The van der Waals surface area contributed by atoms with E-state index in [2.05, 4.69) is 46.6 Å². The Kier molecular flexibility index (Phi) is 4.36. The van der Waals surface area contributed by atoms with Crippen LogP contribution < -0.4 is 5.43 Å². The lowest BCUT2D eigenvalue weighted by molar-refractivity contribution is -0.122. The number of fused-ring (bicyclic) bond motifs is 3. The Morgan fingerprint density at radius 1 is 1.00 bits per heavy atom. The second-order valence-electron chi connectivity index (χ2n) is 7.05. The number of hydrogen-bond acceptors (Lipinski definition) is 3. The SMILES string of the molecule is CC1CCN(CC(=O)NN=C2c3ccccc3-c3ccccc32)CC1. The first kappa shape index (κ1) is 16.0. The Balaban J connectivity index is 1.51. The number of nitrogens with zero attached hydrogens (tertiary/aromatic N) is 2. The Bertz CT molecular complexity index is 772. The number of piperidine rings is 1. The van der Waals surface area contributed by atoms with Crippen molar-refractivity contribution < 1.29 is 4.79 Å². The van der Waals surface area contributed by atoms with Gasteiger partial charge in [0.05, 0.1) is 12.3 Å². The summed E-state index contributed by atoms with van der Waals surface area (Å²) in [6, 6.07) is 16.4. The molecule has 25 heavy (non-hydrogen) atoms. The predicted molar refractivity (Wildman–Crippen MR) is 100 cm³/mol. The summed E-state index contributed by atoms with van der Waals surface area (Å²) in [6.45, 7) is 4.69. The third-order valence-electron chi connectivity index (χ3n) is 5.19. The predicted octanol–water partition coefficient (Wildman–Crippen LogP) is 3.27. The molecule has 1 heterocycles. The minimum absolute atomic E-state index is 0.0380. The molecule has 2 aliphatic rings. The molecule has 1 fully saturated rings. The highest BCUT2D eigenvalue weighted by atomic mass is 16.2. The van der Waals surface area contributed by atoms with Crippen LogP contribution in [0.25, 0.3) is 11.1 Å². The van der Waals surface area contributed by atoms with E-state index < -0.39 is 0 Å². The average Bonchev–Trinajstić information content (AvgIpc) is 2.96. The van der Waals surface area contributed by atoms with Gasteiger partial charge in [0.1, 0.15) is 0 Å². The van der Waals surface area contributed by atoms with E-state index in [1.54, 1.807) is 0 Å². The van der Waals surface area contributed by atoms with Gasteiger partial charge in [0.15, 0.2) is 0 Å². The molecule has 0 unspecified atom stereocenters. The van der Waals surface area contributed by atoms with Crippen LogP contribution in [0.3, 0.4) is 0 Å². The number of rotatable bonds is 3. The molecule has 2 aromatic rings.